The van der Waals surface area contributed by atoms with Crippen molar-refractivity contribution in [3.8, 4) is 0 Å². The van der Waals surface area contributed by atoms with E-state index >= 15 is 0 Å². The predicted molar refractivity (Wildman–Crippen MR) is 70.9 cm³/mol. The van der Waals surface area contributed by atoms with E-state index in [1.54, 1.807) is 13.0 Å². The van der Waals surface area contributed by atoms with Gasteiger partial charge < -0.3 is 11.1 Å². The van der Waals surface area contributed by atoms with Crippen LogP contribution in [-0.2, 0) is 0 Å². The molecule has 0 aromatic heterocycles. The molecule has 0 heterocycles. The van der Waals surface area contributed by atoms with Crippen LogP contribution in [0.3, 0.4) is 0 Å². The van der Waals surface area contributed by atoms with E-state index in [4.69, 9.17) is 5.73 Å². The topological polar surface area (TPSA) is 55.1 Å². The molecule has 3 N–H and O–H groups in total. The van der Waals surface area contributed by atoms with Gasteiger partial charge >= 0.3 is 0 Å². The molecule has 1 aromatic carbocycles. The van der Waals surface area contributed by atoms with Gasteiger partial charge in [-0.3, -0.25) is 4.79 Å². The van der Waals surface area contributed by atoms with Crippen molar-refractivity contribution in [2.75, 3.05) is 13.1 Å². The zero-order valence-electron chi connectivity index (χ0n) is 11.0. The Labute approximate surface area is 108 Å². The van der Waals surface area contributed by atoms with Gasteiger partial charge in [-0.1, -0.05) is 13.0 Å². The van der Waals surface area contributed by atoms with Crippen LogP contribution in [0.5, 0.6) is 0 Å². The molecule has 0 aliphatic rings. The number of benzene rings is 1. The Hall–Kier alpha value is -1.42. The molecule has 0 aliphatic carbocycles. The largest absolute Gasteiger partial charge is 0.352 e. The summed E-state index contributed by atoms with van der Waals surface area (Å²) in [5.41, 5.74) is 6.41. The second-order valence-electron chi connectivity index (χ2n) is 4.72. The van der Waals surface area contributed by atoms with Crippen LogP contribution in [0.1, 0.15) is 35.7 Å². The van der Waals surface area contributed by atoms with E-state index in [2.05, 4.69) is 12.2 Å². The first-order chi connectivity index (χ1) is 8.54. The Kier molecular flexibility index (Phi) is 5.78. The minimum atomic E-state index is -0.470. The lowest BCUT2D eigenvalue weighted by Crippen LogP contribution is -2.26. The Bertz CT molecular complexity index is 407. The number of aryl methyl sites for hydroxylation is 1. The van der Waals surface area contributed by atoms with Crippen LogP contribution < -0.4 is 11.1 Å². The standard InChI is InChI=1S/C14H21FN2O/c1-10-5-6-12(13(15)8-10)14(18)17-7-3-4-11(2)9-16/h5-6,8,11H,3-4,7,9,16H2,1-2H3,(H,17,18). The first kappa shape index (κ1) is 14.6. The first-order valence-electron chi connectivity index (χ1n) is 6.29. The molecule has 1 aromatic rings. The van der Waals surface area contributed by atoms with Gasteiger partial charge in [-0.25, -0.2) is 4.39 Å². The molecule has 0 fully saturated rings. The Morgan fingerprint density at radius 3 is 2.83 bits per heavy atom. The third-order valence-electron chi connectivity index (χ3n) is 2.93. The Morgan fingerprint density at radius 2 is 2.22 bits per heavy atom. The molecule has 1 rings (SSSR count). The fraction of sp³-hybridized carbons (Fsp3) is 0.500. The zero-order valence-corrected chi connectivity index (χ0v) is 11.0. The van der Waals surface area contributed by atoms with Gasteiger partial charge in [0.2, 0.25) is 0 Å². The SMILES string of the molecule is Cc1ccc(C(=O)NCCCC(C)CN)c(F)c1. The second-order valence-corrected chi connectivity index (χ2v) is 4.72. The highest BCUT2D eigenvalue weighted by molar-refractivity contribution is 5.94. The quantitative estimate of drug-likeness (QED) is 0.763. The summed E-state index contributed by atoms with van der Waals surface area (Å²) >= 11 is 0. The van der Waals surface area contributed by atoms with E-state index in [1.165, 1.54) is 12.1 Å². The number of halogens is 1. The van der Waals surface area contributed by atoms with Gasteiger partial charge in [0.1, 0.15) is 5.82 Å². The lowest BCUT2D eigenvalue weighted by atomic mass is 10.1. The predicted octanol–water partition coefficient (Wildman–Crippen LogP) is 2.24. The number of amides is 1. The van der Waals surface area contributed by atoms with Gasteiger partial charge in [0.05, 0.1) is 5.56 Å². The van der Waals surface area contributed by atoms with Crippen LogP contribution in [-0.4, -0.2) is 19.0 Å². The second kappa shape index (κ2) is 7.11. The zero-order chi connectivity index (χ0) is 13.5. The van der Waals surface area contributed by atoms with Crippen molar-refractivity contribution in [1.82, 2.24) is 5.32 Å². The van der Waals surface area contributed by atoms with Crippen LogP contribution in [0.15, 0.2) is 18.2 Å². The number of carbonyl (C=O) groups is 1. The molecular weight excluding hydrogens is 231 g/mol. The van der Waals surface area contributed by atoms with E-state index < -0.39 is 5.82 Å². The maximum absolute atomic E-state index is 13.5. The van der Waals surface area contributed by atoms with Crippen molar-refractivity contribution >= 4 is 5.91 Å². The van der Waals surface area contributed by atoms with Crippen molar-refractivity contribution < 1.29 is 9.18 Å². The maximum atomic E-state index is 13.5. The molecule has 0 saturated carbocycles. The third kappa shape index (κ3) is 4.45. The summed E-state index contributed by atoms with van der Waals surface area (Å²) in [6.45, 7) is 5.07. The molecule has 1 atom stereocenters. The van der Waals surface area contributed by atoms with Gasteiger partial charge in [-0.15, -0.1) is 0 Å². The summed E-state index contributed by atoms with van der Waals surface area (Å²) in [5, 5.41) is 2.72. The van der Waals surface area contributed by atoms with Crippen LogP contribution in [0.4, 0.5) is 4.39 Å². The smallest absolute Gasteiger partial charge is 0.254 e. The van der Waals surface area contributed by atoms with Crippen molar-refractivity contribution in [2.24, 2.45) is 11.7 Å². The van der Waals surface area contributed by atoms with Crippen LogP contribution in [0.2, 0.25) is 0 Å². The molecule has 0 radical (unpaired) electrons. The summed E-state index contributed by atoms with van der Waals surface area (Å²) in [6.07, 6.45) is 1.82. The lowest BCUT2D eigenvalue weighted by Gasteiger charge is -2.09. The normalized spacial score (nSPS) is 12.2. The van der Waals surface area contributed by atoms with Gasteiger partial charge in [0.15, 0.2) is 0 Å². The minimum Gasteiger partial charge on any atom is -0.352 e. The molecule has 0 aliphatic heterocycles. The average Bonchev–Trinajstić information content (AvgIpc) is 2.34. The van der Waals surface area contributed by atoms with Crippen molar-refractivity contribution in [3.63, 3.8) is 0 Å². The Balaban J connectivity index is 2.41. The van der Waals surface area contributed by atoms with Gasteiger partial charge in [0.25, 0.3) is 5.91 Å². The summed E-state index contributed by atoms with van der Waals surface area (Å²) in [4.78, 5) is 11.7. The van der Waals surface area contributed by atoms with E-state index in [-0.39, 0.29) is 11.5 Å². The molecule has 4 heteroatoms. The molecule has 1 amide bonds. The number of hydrogen-bond donors (Lipinski definition) is 2. The van der Waals surface area contributed by atoms with E-state index in [1.807, 2.05) is 0 Å². The third-order valence-corrected chi connectivity index (χ3v) is 2.93. The number of carbonyl (C=O) groups excluding carboxylic acids is 1. The van der Waals surface area contributed by atoms with Crippen molar-refractivity contribution in [1.29, 1.82) is 0 Å². The monoisotopic (exact) mass is 252 g/mol. The first-order valence-corrected chi connectivity index (χ1v) is 6.29. The van der Waals surface area contributed by atoms with Gasteiger partial charge in [-0.05, 0) is 49.9 Å². The molecule has 0 spiro atoms. The fourth-order valence-electron chi connectivity index (χ4n) is 1.67. The maximum Gasteiger partial charge on any atom is 0.254 e. The highest BCUT2D eigenvalue weighted by Crippen LogP contribution is 2.09. The molecule has 0 saturated heterocycles. The Morgan fingerprint density at radius 1 is 1.50 bits per heavy atom. The summed E-state index contributed by atoms with van der Waals surface area (Å²) in [6, 6.07) is 4.61. The molecule has 18 heavy (non-hydrogen) atoms. The van der Waals surface area contributed by atoms with E-state index in [0.29, 0.717) is 19.0 Å². The highest BCUT2D eigenvalue weighted by Gasteiger charge is 2.10. The fourth-order valence-corrected chi connectivity index (χ4v) is 1.67. The average molecular weight is 252 g/mol. The summed E-state index contributed by atoms with van der Waals surface area (Å²) in [7, 11) is 0. The van der Waals surface area contributed by atoms with Crippen LogP contribution in [0, 0.1) is 18.7 Å². The highest BCUT2D eigenvalue weighted by atomic mass is 19.1. The van der Waals surface area contributed by atoms with E-state index in [9.17, 15) is 9.18 Å². The van der Waals surface area contributed by atoms with E-state index in [0.717, 1.165) is 18.4 Å². The molecule has 100 valence electrons. The van der Waals surface area contributed by atoms with Crippen molar-refractivity contribution in [3.05, 3.63) is 35.1 Å². The summed E-state index contributed by atoms with van der Waals surface area (Å²) in [5.74, 6) is -0.367. The molecule has 3 nitrogen and oxygen atoms in total. The lowest BCUT2D eigenvalue weighted by molar-refractivity contribution is 0.0948. The summed E-state index contributed by atoms with van der Waals surface area (Å²) < 4.78 is 13.5. The number of nitrogens with one attached hydrogen (secondary N) is 1. The molecular formula is C14H21FN2O. The van der Waals surface area contributed by atoms with Crippen LogP contribution in [0.25, 0.3) is 0 Å². The number of hydrogen-bond acceptors (Lipinski definition) is 2. The van der Waals surface area contributed by atoms with Crippen molar-refractivity contribution in [2.45, 2.75) is 26.7 Å². The minimum absolute atomic E-state index is 0.104. The molecule has 1 unspecified atom stereocenters. The van der Waals surface area contributed by atoms with Gasteiger partial charge in [0, 0.05) is 6.54 Å². The van der Waals surface area contributed by atoms with Crippen LogP contribution >= 0.6 is 0 Å². The molecule has 0 bridgehead atoms. The number of nitrogens with two attached hydrogens (primary N) is 1. The van der Waals surface area contributed by atoms with Gasteiger partial charge in [-0.2, -0.15) is 0 Å². The number of rotatable bonds is 6.